The lowest BCUT2D eigenvalue weighted by Gasteiger charge is -2.26. The van der Waals surface area contributed by atoms with Gasteiger partial charge in [0.2, 0.25) is 0 Å². The molecule has 0 radical (unpaired) electrons. The van der Waals surface area contributed by atoms with Crippen molar-refractivity contribution in [3.63, 3.8) is 0 Å². The first kappa shape index (κ1) is 14.0. The molecule has 18 heavy (non-hydrogen) atoms. The fraction of sp³-hybridized carbons (Fsp3) is 0.625. The summed E-state index contributed by atoms with van der Waals surface area (Å²) in [5.41, 5.74) is 1.45. The Labute approximate surface area is 116 Å². The number of hydrogen-bond donors (Lipinski definition) is 1. The SMILES string of the molecule is CCC(Cc1ccccc1)NC1CCCC1SC. The first-order valence-electron chi connectivity index (χ1n) is 7.16. The van der Waals surface area contributed by atoms with Crippen molar-refractivity contribution in [1.29, 1.82) is 0 Å². The molecule has 1 nitrogen and oxygen atoms in total. The first-order chi connectivity index (χ1) is 8.83. The molecule has 1 N–H and O–H groups in total. The molecule has 0 aliphatic heterocycles. The molecule has 0 saturated heterocycles. The Morgan fingerprint density at radius 3 is 2.72 bits per heavy atom. The van der Waals surface area contributed by atoms with Gasteiger partial charge in [0.15, 0.2) is 0 Å². The van der Waals surface area contributed by atoms with Crippen LogP contribution in [-0.2, 0) is 6.42 Å². The highest BCUT2D eigenvalue weighted by atomic mass is 32.2. The molecule has 0 aromatic heterocycles. The molecule has 1 aromatic carbocycles. The quantitative estimate of drug-likeness (QED) is 0.836. The molecule has 1 aliphatic carbocycles. The maximum absolute atomic E-state index is 3.89. The minimum Gasteiger partial charge on any atom is -0.310 e. The Morgan fingerprint density at radius 1 is 1.28 bits per heavy atom. The summed E-state index contributed by atoms with van der Waals surface area (Å²) in [6.45, 7) is 2.30. The standard InChI is InChI=1S/C16H25NS/c1-3-14(12-13-8-5-4-6-9-13)17-15-10-7-11-16(15)18-2/h4-6,8-9,14-17H,3,7,10-12H2,1-2H3. The van der Waals surface area contributed by atoms with Crippen LogP contribution in [-0.4, -0.2) is 23.6 Å². The molecule has 2 rings (SSSR count). The van der Waals surface area contributed by atoms with Gasteiger partial charge in [-0.15, -0.1) is 0 Å². The van der Waals surface area contributed by atoms with E-state index < -0.39 is 0 Å². The van der Waals surface area contributed by atoms with Gasteiger partial charge in [0.25, 0.3) is 0 Å². The molecular weight excluding hydrogens is 238 g/mol. The minimum atomic E-state index is 0.630. The second-order valence-corrected chi connectivity index (χ2v) is 6.35. The lowest BCUT2D eigenvalue weighted by Crippen LogP contribution is -2.42. The van der Waals surface area contributed by atoms with Crippen molar-refractivity contribution in [3.8, 4) is 0 Å². The van der Waals surface area contributed by atoms with E-state index in [1.165, 1.54) is 31.2 Å². The predicted octanol–water partition coefficient (Wildman–Crippen LogP) is 3.88. The van der Waals surface area contributed by atoms with E-state index in [0.717, 1.165) is 17.7 Å². The number of thioether (sulfide) groups is 1. The molecule has 1 fully saturated rings. The molecule has 1 saturated carbocycles. The van der Waals surface area contributed by atoms with E-state index in [9.17, 15) is 0 Å². The van der Waals surface area contributed by atoms with Gasteiger partial charge in [0.1, 0.15) is 0 Å². The molecule has 3 unspecified atom stereocenters. The van der Waals surface area contributed by atoms with Crippen molar-refractivity contribution in [1.82, 2.24) is 5.32 Å². The maximum Gasteiger partial charge on any atom is 0.0198 e. The molecule has 1 aliphatic rings. The highest BCUT2D eigenvalue weighted by molar-refractivity contribution is 7.99. The molecule has 100 valence electrons. The van der Waals surface area contributed by atoms with Crippen LogP contribution in [0.4, 0.5) is 0 Å². The molecule has 0 heterocycles. The molecule has 3 atom stereocenters. The van der Waals surface area contributed by atoms with Gasteiger partial charge in [-0.1, -0.05) is 43.7 Å². The predicted molar refractivity (Wildman–Crippen MR) is 82.3 cm³/mol. The van der Waals surface area contributed by atoms with E-state index in [1.807, 2.05) is 11.8 Å². The zero-order valence-corrected chi connectivity index (χ0v) is 12.4. The van der Waals surface area contributed by atoms with Gasteiger partial charge in [0.05, 0.1) is 0 Å². The lowest BCUT2D eigenvalue weighted by atomic mass is 10.0. The van der Waals surface area contributed by atoms with Gasteiger partial charge in [-0.25, -0.2) is 0 Å². The largest absolute Gasteiger partial charge is 0.310 e. The summed E-state index contributed by atoms with van der Waals surface area (Å²) >= 11 is 2.04. The fourth-order valence-corrected chi connectivity index (χ4v) is 3.87. The van der Waals surface area contributed by atoms with Crippen LogP contribution in [0.1, 0.15) is 38.2 Å². The summed E-state index contributed by atoms with van der Waals surface area (Å²) in [4.78, 5) is 0. The fourth-order valence-electron chi connectivity index (χ4n) is 2.92. The minimum absolute atomic E-state index is 0.630. The van der Waals surface area contributed by atoms with Crippen LogP contribution in [0.3, 0.4) is 0 Å². The van der Waals surface area contributed by atoms with Crippen LogP contribution in [0, 0.1) is 0 Å². The van der Waals surface area contributed by atoms with Gasteiger partial charge in [-0.2, -0.15) is 11.8 Å². The van der Waals surface area contributed by atoms with Gasteiger partial charge in [-0.05, 0) is 37.5 Å². The van der Waals surface area contributed by atoms with Gasteiger partial charge >= 0.3 is 0 Å². The Balaban J connectivity index is 1.89. The summed E-state index contributed by atoms with van der Waals surface area (Å²) < 4.78 is 0. The van der Waals surface area contributed by atoms with Crippen molar-refractivity contribution in [2.45, 2.75) is 56.4 Å². The van der Waals surface area contributed by atoms with E-state index in [2.05, 4.69) is 48.8 Å². The Hall–Kier alpha value is -0.470. The summed E-state index contributed by atoms with van der Waals surface area (Å²) in [7, 11) is 0. The Morgan fingerprint density at radius 2 is 2.06 bits per heavy atom. The van der Waals surface area contributed by atoms with Crippen LogP contribution in [0.25, 0.3) is 0 Å². The monoisotopic (exact) mass is 263 g/mol. The van der Waals surface area contributed by atoms with Crippen LogP contribution >= 0.6 is 11.8 Å². The molecule has 0 amide bonds. The number of benzene rings is 1. The third-order valence-corrected chi connectivity index (χ3v) is 5.19. The first-order valence-corrected chi connectivity index (χ1v) is 8.45. The third kappa shape index (κ3) is 3.76. The average molecular weight is 263 g/mol. The van der Waals surface area contributed by atoms with E-state index in [4.69, 9.17) is 0 Å². The maximum atomic E-state index is 3.89. The highest BCUT2D eigenvalue weighted by Gasteiger charge is 2.27. The van der Waals surface area contributed by atoms with Gasteiger partial charge in [0, 0.05) is 17.3 Å². The van der Waals surface area contributed by atoms with Crippen LogP contribution < -0.4 is 5.32 Å². The molecule has 1 aromatic rings. The lowest BCUT2D eigenvalue weighted by molar-refractivity contribution is 0.422. The average Bonchev–Trinajstić information content (AvgIpc) is 2.86. The summed E-state index contributed by atoms with van der Waals surface area (Å²) in [5, 5.41) is 4.72. The third-order valence-electron chi connectivity index (χ3n) is 4.02. The van der Waals surface area contributed by atoms with Crippen molar-refractivity contribution in [2.24, 2.45) is 0 Å². The number of nitrogens with one attached hydrogen (secondary N) is 1. The van der Waals surface area contributed by atoms with Crippen molar-refractivity contribution < 1.29 is 0 Å². The van der Waals surface area contributed by atoms with Crippen molar-refractivity contribution in [3.05, 3.63) is 35.9 Å². The van der Waals surface area contributed by atoms with Crippen molar-refractivity contribution >= 4 is 11.8 Å². The van der Waals surface area contributed by atoms with E-state index in [-0.39, 0.29) is 0 Å². The van der Waals surface area contributed by atoms with E-state index in [1.54, 1.807) is 0 Å². The Bertz CT molecular complexity index is 338. The van der Waals surface area contributed by atoms with Crippen molar-refractivity contribution in [2.75, 3.05) is 6.26 Å². The number of rotatable bonds is 6. The van der Waals surface area contributed by atoms with Gasteiger partial charge in [-0.3, -0.25) is 0 Å². The molecule has 0 spiro atoms. The summed E-state index contributed by atoms with van der Waals surface area (Å²) in [5.74, 6) is 0. The smallest absolute Gasteiger partial charge is 0.0198 e. The topological polar surface area (TPSA) is 12.0 Å². The molecule has 0 bridgehead atoms. The van der Waals surface area contributed by atoms with Crippen LogP contribution in [0.5, 0.6) is 0 Å². The second kappa shape index (κ2) is 7.20. The van der Waals surface area contributed by atoms with E-state index in [0.29, 0.717) is 6.04 Å². The van der Waals surface area contributed by atoms with Crippen LogP contribution in [0.2, 0.25) is 0 Å². The Kier molecular flexibility index (Phi) is 5.58. The van der Waals surface area contributed by atoms with E-state index >= 15 is 0 Å². The summed E-state index contributed by atoms with van der Waals surface area (Å²) in [6.07, 6.45) is 8.77. The molecule has 2 heteroatoms. The molecular formula is C16H25NS. The number of hydrogen-bond acceptors (Lipinski definition) is 2. The summed E-state index contributed by atoms with van der Waals surface area (Å²) in [6, 6.07) is 12.2. The zero-order valence-electron chi connectivity index (χ0n) is 11.6. The normalized spacial score (nSPS) is 25.2. The van der Waals surface area contributed by atoms with Gasteiger partial charge < -0.3 is 5.32 Å². The van der Waals surface area contributed by atoms with Crippen LogP contribution in [0.15, 0.2) is 30.3 Å². The zero-order chi connectivity index (χ0) is 12.8. The highest BCUT2D eigenvalue weighted by Crippen LogP contribution is 2.29. The second-order valence-electron chi connectivity index (χ2n) is 5.27.